The van der Waals surface area contributed by atoms with Crippen molar-refractivity contribution >= 4 is 71.4 Å². The Morgan fingerprint density at radius 3 is 2.21 bits per heavy atom. The van der Waals surface area contributed by atoms with Crippen LogP contribution in [0.1, 0.15) is 28.2 Å². The van der Waals surface area contributed by atoms with Crippen LogP contribution in [0.5, 0.6) is 0 Å². The van der Waals surface area contributed by atoms with Crippen molar-refractivity contribution < 1.29 is 39.6 Å². The average Bonchev–Trinajstić information content (AvgIpc) is 2.89. The van der Waals surface area contributed by atoms with E-state index < -0.39 is 28.0 Å². The van der Waals surface area contributed by atoms with Crippen molar-refractivity contribution in [3.05, 3.63) is 87.7 Å². The van der Waals surface area contributed by atoms with Crippen molar-refractivity contribution in [2.75, 3.05) is 33.5 Å². The number of esters is 2. The number of carbonyl (C=O) groups is 2. The minimum absolute atomic E-state index is 0. The van der Waals surface area contributed by atoms with Gasteiger partial charge in [-0.2, -0.15) is 8.42 Å². The van der Waals surface area contributed by atoms with Crippen molar-refractivity contribution in [1.82, 2.24) is 5.32 Å². The Labute approximate surface area is 266 Å². The van der Waals surface area contributed by atoms with Crippen LogP contribution in [-0.4, -0.2) is 96.1 Å². The summed E-state index contributed by atoms with van der Waals surface area (Å²) in [4.78, 5) is 25.4. The van der Waals surface area contributed by atoms with Crippen molar-refractivity contribution in [1.29, 1.82) is 0 Å². The van der Waals surface area contributed by atoms with E-state index >= 15 is 0 Å². The first-order chi connectivity index (χ1) is 18.1. The third-order valence-corrected chi connectivity index (χ3v) is 6.52. The van der Waals surface area contributed by atoms with Gasteiger partial charge >= 0.3 is 49.7 Å². The number of benzene rings is 2. The van der Waals surface area contributed by atoms with Gasteiger partial charge < -0.3 is 28.1 Å². The molecule has 0 fully saturated rings. The first-order valence-corrected chi connectivity index (χ1v) is 13.4. The maximum atomic E-state index is 12.9. The number of nitrogens with one attached hydrogen (secondary N) is 1. The number of carbonyl (C=O) groups excluding carboxylic acids is 2. The van der Waals surface area contributed by atoms with Gasteiger partial charge in [0, 0.05) is 17.3 Å². The molecule has 0 bridgehead atoms. The molecule has 0 saturated heterocycles. The molecule has 210 valence electrons. The minimum Gasteiger partial charge on any atom is -1.00 e. The maximum absolute atomic E-state index is 12.9. The van der Waals surface area contributed by atoms with Gasteiger partial charge in [0.05, 0.1) is 54.6 Å². The van der Waals surface area contributed by atoms with Gasteiger partial charge in [0.1, 0.15) is 0 Å². The van der Waals surface area contributed by atoms with Crippen LogP contribution >= 0.6 is 11.6 Å². The topological polar surface area (TPSA) is 154 Å². The molecule has 1 unspecified atom stereocenters. The number of hydrogen-bond donors (Lipinski definition) is 3. The molecule has 1 aliphatic heterocycles. The predicted molar refractivity (Wildman–Crippen MR) is 150 cm³/mol. The molecule has 10 nitrogen and oxygen atoms in total. The minimum atomic E-state index is -4.00. The van der Waals surface area contributed by atoms with Crippen LogP contribution in [0, 0.1) is 0 Å². The first-order valence-electron chi connectivity index (χ1n) is 11.6. The fourth-order valence-corrected chi connectivity index (χ4v) is 4.46. The first kappa shape index (κ1) is 35.1. The molecular weight excluding hydrogens is 576 g/mol. The molecule has 0 spiro atoms. The van der Waals surface area contributed by atoms with Gasteiger partial charge in [-0.25, -0.2) is 9.59 Å². The van der Waals surface area contributed by atoms with Crippen molar-refractivity contribution in [2.24, 2.45) is 5.73 Å². The van der Waals surface area contributed by atoms with E-state index in [4.69, 9.17) is 36.1 Å². The molecule has 1 atom stereocenters. The molecule has 0 saturated carbocycles. The summed E-state index contributed by atoms with van der Waals surface area (Å²) in [6, 6.07) is 14.5. The van der Waals surface area contributed by atoms with Gasteiger partial charge in [-0.1, -0.05) is 48.0 Å². The Kier molecular flexibility index (Phi) is 15.3. The molecule has 0 aromatic heterocycles. The quantitative estimate of drug-likeness (QED) is 0.167. The zero-order chi connectivity index (χ0) is 28.3. The number of nitrogens with two attached hydrogens (primary N) is 1. The predicted octanol–water partition coefficient (Wildman–Crippen LogP) is 3.04. The smallest absolute Gasteiger partial charge is 1.00 e. The van der Waals surface area contributed by atoms with Crippen LogP contribution in [0.25, 0.3) is 0 Å². The van der Waals surface area contributed by atoms with E-state index in [0.717, 1.165) is 0 Å². The Morgan fingerprint density at radius 2 is 1.69 bits per heavy atom. The summed E-state index contributed by atoms with van der Waals surface area (Å²) in [5.74, 6) is -1.86. The largest absolute Gasteiger partial charge is 2.00 e. The number of methoxy groups -OCH3 is 1. The van der Waals surface area contributed by atoms with Crippen molar-refractivity contribution in [2.45, 2.75) is 24.7 Å². The van der Waals surface area contributed by atoms with Gasteiger partial charge in [0.15, 0.2) is 0 Å². The second-order valence-electron chi connectivity index (χ2n) is 7.85. The Hall–Kier alpha value is -1.96. The van der Waals surface area contributed by atoms with Crippen LogP contribution in [0.4, 0.5) is 0 Å². The molecule has 2 aromatic rings. The Morgan fingerprint density at radius 1 is 1.08 bits per heavy atom. The Bertz CT molecular complexity index is 1310. The summed E-state index contributed by atoms with van der Waals surface area (Å²) in [6.45, 7) is 4.42. The molecule has 3 rings (SSSR count). The fourth-order valence-electron chi connectivity index (χ4n) is 3.71. The number of ether oxygens (including phenoxy) is 3. The van der Waals surface area contributed by atoms with Gasteiger partial charge in [0.25, 0.3) is 10.1 Å². The zero-order valence-corrected chi connectivity index (χ0v) is 25.8. The summed E-state index contributed by atoms with van der Waals surface area (Å²) in [5.41, 5.74) is 7.70. The molecule has 0 amide bonds. The molecule has 2 aromatic carbocycles. The van der Waals surface area contributed by atoms with E-state index in [9.17, 15) is 18.0 Å². The van der Waals surface area contributed by atoms with Crippen LogP contribution in [0.2, 0.25) is 5.02 Å². The van der Waals surface area contributed by atoms with Crippen LogP contribution in [-0.2, 0) is 33.9 Å². The standard InChI is InChI=1S/C20H25ClN2O5.C6H6O3S.Ca.2H/c1-4-28-20(25)18-15(11-27-10-9-22)23-12(2)16(19(24)26-3)17(18)13-7-5-6-8-14(13)21;7-10(8,9)6-4-2-1-3-5-6;;;/h5-8,17,23H,4,9-11,22H2,1-3H3;1-5H,(H,7,8,9);;;/q;;+2;2*-1. The fraction of sp³-hybridized carbons (Fsp3) is 0.308. The van der Waals surface area contributed by atoms with Crippen LogP contribution in [0.15, 0.2) is 82.0 Å². The van der Waals surface area contributed by atoms with E-state index in [1.807, 2.05) is 0 Å². The number of rotatable bonds is 9. The van der Waals surface area contributed by atoms with E-state index in [-0.39, 0.29) is 64.3 Å². The SMILES string of the molecule is CCOC(=O)C1=C(COCCN)NC(C)=C(C(=O)OC)C1c1ccccc1Cl.O=S(=O)(O)c1ccccc1.[Ca+2].[H-].[H-]. The summed E-state index contributed by atoms with van der Waals surface area (Å²) in [6.07, 6.45) is 0. The third-order valence-electron chi connectivity index (χ3n) is 5.31. The molecule has 0 aliphatic carbocycles. The summed E-state index contributed by atoms with van der Waals surface area (Å²) >= 11 is 6.42. The molecule has 1 heterocycles. The second-order valence-corrected chi connectivity index (χ2v) is 9.68. The van der Waals surface area contributed by atoms with Crippen LogP contribution < -0.4 is 11.1 Å². The normalized spacial score (nSPS) is 14.9. The average molecular weight is 609 g/mol. The number of allylic oxidation sites excluding steroid dienone is 1. The summed E-state index contributed by atoms with van der Waals surface area (Å²) < 4.78 is 45.0. The third kappa shape index (κ3) is 9.87. The molecule has 4 N–H and O–H groups in total. The molecular formula is C26H33CaClN2O8S. The number of hydrogen-bond acceptors (Lipinski definition) is 9. The van der Waals surface area contributed by atoms with E-state index in [2.05, 4.69) is 5.32 Å². The maximum Gasteiger partial charge on any atom is 2.00 e. The molecule has 0 radical (unpaired) electrons. The van der Waals surface area contributed by atoms with E-state index in [0.29, 0.717) is 40.7 Å². The number of dihydropyridines is 1. The molecule has 13 heteroatoms. The summed E-state index contributed by atoms with van der Waals surface area (Å²) in [5, 5.41) is 3.52. The zero-order valence-electron chi connectivity index (χ0n) is 24.0. The molecule has 1 aliphatic rings. The van der Waals surface area contributed by atoms with E-state index in [1.54, 1.807) is 56.3 Å². The van der Waals surface area contributed by atoms with Gasteiger partial charge in [0.2, 0.25) is 0 Å². The molecule has 39 heavy (non-hydrogen) atoms. The van der Waals surface area contributed by atoms with Gasteiger partial charge in [-0.3, -0.25) is 4.55 Å². The number of halogens is 1. The van der Waals surface area contributed by atoms with Crippen LogP contribution in [0.3, 0.4) is 0 Å². The van der Waals surface area contributed by atoms with Gasteiger partial charge in [-0.05, 0) is 37.6 Å². The summed E-state index contributed by atoms with van der Waals surface area (Å²) in [7, 11) is -2.71. The van der Waals surface area contributed by atoms with Gasteiger partial charge in [-0.15, -0.1) is 0 Å². The second kappa shape index (κ2) is 17.0. The van der Waals surface area contributed by atoms with Crippen molar-refractivity contribution in [3.8, 4) is 0 Å². The Balaban J connectivity index is 0. The van der Waals surface area contributed by atoms with Crippen molar-refractivity contribution in [3.63, 3.8) is 0 Å². The monoisotopic (exact) mass is 608 g/mol. The van der Waals surface area contributed by atoms with E-state index in [1.165, 1.54) is 19.2 Å².